The topological polar surface area (TPSA) is 74.2 Å². The lowest BCUT2D eigenvalue weighted by molar-refractivity contribution is -0.122. The van der Waals surface area contributed by atoms with Crippen LogP contribution in [0.5, 0.6) is 5.75 Å². The Kier molecular flexibility index (Phi) is 10.1. The quantitative estimate of drug-likeness (QED) is 0.257. The summed E-state index contributed by atoms with van der Waals surface area (Å²) in [7, 11) is 0. The van der Waals surface area contributed by atoms with Crippen molar-refractivity contribution in [3.05, 3.63) is 96.0 Å². The van der Waals surface area contributed by atoms with Crippen LogP contribution in [0.15, 0.2) is 84.9 Å². The smallest absolute Gasteiger partial charge is 0.220 e. The number of benzene rings is 2. The molecule has 0 aromatic heterocycles. The van der Waals surface area contributed by atoms with Gasteiger partial charge in [0.15, 0.2) is 0 Å². The highest BCUT2D eigenvalue weighted by Gasteiger charge is 2.23. The molecule has 2 aromatic carbocycles. The number of allylic oxidation sites excluding steroid dienone is 4. The first-order chi connectivity index (χ1) is 15.9. The van der Waals surface area contributed by atoms with Crippen LogP contribution in [0.25, 0.3) is 0 Å². The van der Waals surface area contributed by atoms with E-state index in [0.29, 0.717) is 29.1 Å². The van der Waals surface area contributed by atoms with Crippen molar-refractivity contribution in [2.45, 2.75) is 45.8 Å². The first kappa shape index (κ1) is 25.6. The summed E-state index contributed by atoms with van der Waals surface area (Å²) in [5.74, 6) is 0.225. The van der Waals surface area contributed by atoms with Gasteiger partial charge >= 0.3 is 0 Å². The van der Waals surface area contributed by atoms with Gasteiger partial charge in [-0.05, 0) is 62.3 Å². The highest BCUT2D eigenvalue weighted by Crippen LogP contribution is 2.28. The Balaban J connectivity index is 2.30. The van der Waals surface area contributed by atoms with E-state index in [-0.39, 0.29) is 17.8 Å². The number of nitrogens with one attached hydrogen (secondary N) is 3. The second-order valence-electron chi connectivity index (χ2n) is 7.65. The predicted octanol–water partition coefficient (Wildman–Crippen LogP) is 6.46. The van der Waals surface area contributed by atoms with Gasteiger partial charge < -0.3 is 20.8 Å². The molecule has 2 aromatic rings. The fourth-order valence-corrected chi connectivity index (χ4v) is 3.25. The van der Waals surface area contributed by atoms with E-state index in [1.54, 1.807) is 30.4 Å². The van der Waals surface area contributed by atoms with Crippen LogP contribution < -0.4 is 15.4 Å². The van der Waals surface area contributed by atoms with Gasteiger partial charge in [0.25, 0.3) is 0 Å². The van der Waals surface area contributed by atoms with E-state index in [9.17, 15) is 9.18 Å². The largest absolute Gasteiger partial charge is 0.484 e. The third kappa shape index (κ3) is 8.07. The molecule has 33 heavy (non-hydrogen) atoms. The molecule has 2 rings (SSSR count). The number of ether oxygens (including phenoxy) is 1. The van der Waals surface area contributed by atoms with Crippen LogP contribution in [0, 0.1) is 5.41 Å². The Morgan fingerprint density at radius 1 is 1.21 bits per heavy atom. The van der Waals surface area contributed by atoms with Crippen LogP contribution in [-0.4, -0.2) is 18.2 Å². The monoisotopic (exact) mass is 449 g/mol. The zero-order chi connectivity index (χ0) is 24.2. The molecule has 6 heteroatoms. The SMILES string of the molecule is C=C/C(=C\C=C(/C)F)Nc1ccc(O[C@H](c2ccccc2)C(C)NC(=O)CCC)cc1C=N. The van der Waals surface area contributed by atoms with Crippen molar-refractivity contribution in [2.24, 2.45) is 0 Å². The van der Waals surface area contributed by atoms with E-state index in [1.165, 1.54) is 19.2 Å². The summed E-state index contributed by atoms with van der Waals surface area (Å²) in [6.45, 7) is 8.98. The zero-order valence-corrected chi connectivity index (χ0v) is 19.4. The molecule has 0 bridgehead atoms. The zero-order valence-electron chi connectivity index (χ0n) is 19.4. The standard InChI is InChI=1S/C27H32FN3O2/c1-5-10-26(32)30-20(4)27(21-11-8-7-9-12-21)33-24-15-16-25(22(17-24)18-29)31-23(6-2)14-13-19(3)28/h6-9,11-18,20,27,29,31H,2,5,10H2,1,3-4H3,(H,30,32)/b19-13+,23-14+,29-18?/t20?,27-/m0/s1. The minimum absolute atomic E-state index is 0.0180. The first-order valence-electron chi connectivity index (χ1n) is 11.0. The lowest BCUT2D eigenvalue weighted by Gasteiger charge is -2.27. The van der Waals surface area contributed by atoms with Gasteiger partial charge in [-0.1, -0.05) is 43.8 Å². The molecule has 0 saturated heterocycles. The molecule has 1 unspecified atom stereocenters. The molecule has 5 nitrogen and oxygen atoms in total. The van der Waals surface area contributed by atoms with Crippen LogP contribution in [0.4, 0.5) is 10.1 Å². The number of rotatable bonds is 12. The molecule has 3 N–H and O–H groups in total. The molecule has 0 heterocycles. The molecule has 0 spiro atoms. The maximum Gasteiger partial charge on any atom is 0.220 e. The first-order valence-corrected chi connectivity index (χ1v) is 11.0. The van der Waals surface area contributed by atoms with Gasteiger partial charge in [-0.2, -0.15) is 0 Å². The predicted molar refractivity (Wildman–Crippen MR) is 133 cm³/mol. The van der Waals surface area contributed by atoms with E-state index in [2.05, 4.69) is 17.2 Å². The average molecular weight is 450 g/mol. The number of hydrogen-bond acceptors (Lipinski definition) is 4. The molecule has 2 atom stereocenters. The number of carbonyl (C=O) groups excluding carboxylic acids is 1. The van der Waals surface area contributed by atoms with Gasteiger partial charge in [-0.3, -0.25) is 4.79 Å². The lowest BCUT2D eigenvalue weighted by atomic mass is 10.0. The van der Waals surface area contributed by atoms with Crippen molar-refractivity contribution in [2.75, 3.05) is 5.32 Å². The van der Waals surface area contributed by atoms with Crippen LogP contribution in [0.3, 0.4) is 0 Å². The van der Waals surface area contributed by atoms with Gasteiger partial charge in [0, 0.05) is 29.6 Å². The maximum absolute atomic E-state index is 13.1. The molecule has 0 radical (unpaired) electrons. The minimum atomic E-state index is -0.411. The summed E-state index contributed by atoms with van der Waals surface area (Å²) in [6, 6.07) is 14.8. The summed E-state index contributed by atoms with van der Waals surface area (Å²) < 4.78 is 19.4. The molecule has 0 saturated carbocycles. The van der Waals surface area contributed by atoms with Crippen LogP contribution in [0.2, 0.25) is 0 Å². The molecule has 0 aliphatic rings. The maximum atomic E-state index is 13.1. The summed E-state index contributed by atoms with van der Waals surface area (Å²) in [5.41, 5.74) is 2.79. The van der Waals surface area contributed by atoms with Crippen LogP contribution in [-0.2, 0) is 4.79 Å². The normalized spacial score (nSPS) is 13.6. The highest BCUT2D eigenvalue weighted by molar-refractivity contribution is 5.87. The summed E-state index contributed by atoms with van der Waals surface area (Å²) in [4.78, 5) is 12.2. The molecule has 0 aliphatic heterocycles. The van der Waals surface area contributed by atoms with E-state index in [0.717, 1.165) is 12.0 Å². The number of hydrogen-bond donors (Lipinski definition) is 3. The number of carbonyl (C=O) groups is 1. The van der Waals surface area contributed by atoms with E-state index < -0.39 is 6.10 Å². The molecule has 0 aliphatic carbocycles. The molecular formula is C27H32FN3O2. The summed E-state index contributed by atoms with van der Waals surface area (Å²) in [5, 5.41) is 14.0. The fourth-order valence-electron chi connectivity index (χ4n) is 3.25. The Morgan fingerprint density at radius 3 is 2.55 bits per heavy atom. The molecular weight excluding hydrogens is 417 g/mol. The van der Waals surface area contributed by atoms with Crippen molar-refractivity contribution in [1.29, 1.82) is 5.41 Å². The second-order valence-corrected chi connectivity index (χ2v) is 7.65. The number of anilines is 1. The van der Waals surface area contributed by atoms with E-state index >= 15 is 0 Å². The fraction of sp³-hybridized carbons (Fsp3) is 0.259. The van der Waals surface area contributed by atoms with E-state index in [1.807, 2.05) is 44.2 Å². The van der Waals surface area contributed by atoms with Gasteiger partial charge in [0.05, 0.1) is 11.9 Å². The van der Waals surface area contributed by atoms with Crippen molar-refractivity contribution < 1.29 is 13.9 Å². The summed E-state index contributed by atoms with van der Waals surface area (Å²) >= 11 is 0. The molecule has 174 valence electrons. The van der Waals surface area contributed by atoms with E-state index in [4.69, 9.17) is 10.1 Å². The molecule has 0 fully saturated rings. The van der Waals surface area contributed by atoms with Crippen molar-refractivity contribution in [3.63, 3.8) is 0 Å². The number of amides is 1. The van der Waals surface area contributed by atoms with Gasteiger partial charge in [-0.15, -0.1) is 0 Å². The third-order valence-electron chi connectivity index (χ3n) is 4.88. The Hall–Kier alpha value is -3.67. The molecule has 1 amide bonds. The summed E-state index contributed by atoms with van der Waals surface area (Å²) in [6.07, 6.45) is 6.52. The Labute approximate surface area is 195 Å². The van der Waals surface area contributed by atoms with Crippen LogP contribution >= 0.6 is 0 Å². The van der Waals surface area contributed by atoms with Gasteiger partial charge in [0.2, 0.25) is 5.91 Å². The third-order valence-corrected chi connectivity index (χ3v) is 4.88. The lowest BCUT2D eigenvalue weighted by Crippen LogP contribution is -2.39. The van der Waals surface area contributed by atoms with Crippen molar-refractivity contribution >= 4 is 17.8 Å². The van der Waals surface area contributed by atoms with Gasteiger partial charge in [0.1, 0.15) is 11.9 Å². The Morgan fingerprint density at radius 2 is 1.94 bits per heavy atom. The van der Waals surface area contributed by atoms with Crippen LogP contribution in [0.1, 0.15) is 50.8 Å². The average Bonchev–Trinajstić information content (AvgIpc) is 2.81. The van der Waals surface area contributed by atoms with Gasteiger partial charge in [-0.25, -0.2) is 4.39 Å². The number of halogens is 1. The second kappa shape index (κ2) is 13.0. The highest BCUT2D eigenvalue weighted by atomic mass is 19.1. The minimum Gasteiger partial charge on any atom is -0.484 e. The van der Waals surface area contributed by atoms with Crippen molar-refractivity contribution in [3.8, 4) is 5.75 Å². The Bertz CT molecular complexity index is 1010. The van der Waals surface area contributed by atoms with Crippen molar-refractivity contribution in [1.82, 2.24) is 5.32 Å².